The molecule has 0 radical (unpaired) electrons. The number of nitriles is 1. The van der Waals surface area contributed by atoms with Crippen LogP contribution in [-0.4, -0.2) is 22.5 Å². The van der Waals surface area contributed by atoms with Crippen molar-refractivity contribution in [2.45, 2.75) is 45.4 Å². The summed E-state index contributed by atoms with van der Waals surface area (Å²) in [5.74, 6) is -1.39. The molecule has 0 bridgehead atoms. The van der Waals surface area contributed by atoms with Gasteiger partial charge in [0.05, 0.1) is 18.4 Å². The van der Waals surface area contributed by atoms with E-state index in [4.69, 9.17) is 4.74 Å². The molecule has 3 rings (SSSR count). The minimum atomic E-state index is -0.901. The zero-order chi connectivity index (χ0) is 19.2. The number of rotatable bonds is 8. The smallest absolute Gasteiger partial charge is 0.324 e. The van der Waals surface area contributed by atoms with E-state index in [0.717, 1.165) is 48.1 Å². The Bertz CT molecular complexity index is 798. The molecular weight excluding hydrogens is 338 g/mol. The quantitative estimate of drug-likeness (QED) is 0.646. The van der Waals surface area contributed by atoms with Crippen LogP contribution < -0.4 is 0 Å². The van der Waals surface area contributed by atoms with Gasteiger partial charge in [0.1, 0.15) is 0 Å². The summed E-state index contributed by atoms with van der Waals surface area (Å²) in [5, 5.41) is 9.78. The topological polar surface area (TPSA) is 75.9 Å². The molecule has 0 saturated heterocycles. The van der Waals surface area contributed by atoms with Gasteiger partial charge in [-0.3, -0.25) is 14.8 Å². The Balaban J connectivity index is 1.81. The van der Waals surface area contributed by atoms with Crippen molar-refractivity contribution < 1.29 is 9.53 Å². The number of carbonyl (C=O) groups excluding carboxylic acids is 1. The maximum atomic E-state index is 12.8. The molecule has 0 aliphatic heterocycles. The molecule has 5 heteroatoms. The van der Waals surface area contributed by atoms with Crippen molar-refractivity contribution in [2.75, 3.05) is 6.61 Å². The van der Waals surface area contributed by atoms with E-state index in [9.17, 15) is 10.1 Å². The highest BCUT2D eigenvalue weighted by Gasteiger charge is 2.40. The number of carbonyl (C=O) groups is 1. The van der Waals surface area contributed by atoms with E-state index >= 15 is 0 Å². The van der Waals surface area contributed by atoms with Crippen molar-refractivity contribution in [2.24, 2.45) is 11.8 Å². The van der Waals surface area contributed by atoms with Gasteiger partial charge in [-0.2, -0.15) is 5.26 Å². The molecule has 3 atom stereocenters. The fourth-order valence-corrected chi connectivity index (χ4v) is 3.74. The second kappa shape index (κ2) is 8.77. The molecule has 1 aliphatic rings. The lowest BCUT2D eigenvalue weighted by molar-refractivity contribution is -0.148. The molecule has 140 valence electrons. The third kappa shape index (κ3) is 3.85. The minimum absolute atomic E-state index is 0.347. The van der Waals surface area contributed by atoms with Crippen molar-refractivity contribution in [3.05, 3.63) is 47.9 Å². The number of ether oxygens (including phenoxy) is 1. The molecule has 5 nitrogen and oxygen atoms in total. The van der Waals surface area contributed by atoms with E-state index in [1.165, 1.54) is 0 Å². The van der Waals surface area contributed by atoms with Gasteiger partial charge in [-0.25, -0.2) is 0 Å². The molecule has 0 N–H and O–H groups in total. The van der Waals surface area contributed by atoms with E-state index in [0.29, 0.717) is 12.5 Å². The van der Waals surface area contributed by atoms with Crippen molar-refractivity contribution in [1.82, 2.24) is 9.97 Å². The van der Waals surface area contributed by atoms with Crippen molar-refractivity contribution >= 4 is 5.97 Å². The molecule has 1 aliphatic carbocycles. The van der Waals surface area contributed by atoms with Gasteiger partial charge in [-0.1, -0.05) is 39.2 Å². The maximum Gasteiger partial charge on any atom is 0.324 e. The van der Waals surface area contributed by atoms with E-state index in [2.05, 4.69) is 29.9 Å². The number of unbranched alkanes of at least 4 members (excludes halogenated alkanes) is 1. The van der Waals surface area contributed by atoms with Crippen LogP contribution in [0.5, 0.6) is 0 Å². The Morgan fingerprint density at radius 1 is 1.30 bits per heavy atom. The lowest BCUT2D eigenvalue weighted by Gasteiger charge is -2.20. The van der Waals surface area contributed by atoms with Crippen molar-refractivity contribution in [1.29, 1.82) is 5.26 Å². The standard InChI is InChI=1S/C22H25N3O2/c1-3-5-7-15(4-2)14-27-22(26)18(12-23)20-17-8-6-10-25-21(17)16-9-11-24-13-19(16)20/h6,8-11,13,15,18,20H,3-5,7,14H2,1-2H3. The predicted molar refractivity (Wildman–Crippen MR) is 103 cm³/mol. The molecular formula is C22H25N3O2. The first-order valence-corrected chi connectivity index (χ1v) is 9.66. The van der Waals surface area contributed by atoms with Gasteiger partial charge >= 0.3 is 5.97 Å². The number of hydrogen-bond donors (Lipinski definition) is 0. The van der Waals surface area contributed by atoms with Crippen LogP contribution in [0.2, 0.25) is 0 Å². The molecule has 0 amide bonds. The summed E-state index contributed by atoms with van der Waals surface area (Å²) < 4.78 is 5.59. The molecule has 0 fully saturated rings. The van der Waals surface area contributed by atoms with Crippen molar-refractivity contribution in [3.8, 4) is 17.3 Å². The highest BCUT2D eigenvalue weighted by molar-refractivity contribution is 5.83. The summed E-state index contributed by atoms with van der Waals surface area (Å²) in [5.41, 5.74) is 3.52. The number of nitrogens with zero attached hydrogens (tertiary/aromatic N) is 3. The first kappa shape index (κ1) is 19.0. The molecule has 2 aromatic heterocycles. The van der Waals surface area contributed by atoms with Gasteiger partial charge in [0.2, 0.25) is 0 Å². The lowest BCUT2D eigenvalue weighted by Crippen LogP contribution is -2.25. The summed E-state index contributed by atoms with van der Waals surface area (Å²) >= 11 is 0. The Hall–Kier alpha value is -2.74. The van der Waals surface area contributed by atoms with Crippen LogP contribution in [0.1, 0.15) is 56.6 Å². The van der Waals surface area contributed by atoms with Gasteiger partial charge in [0.15, 0.2) is 5.92 Å². The Kier molecular flexibility index (Phi) is 6.18. The van der Waals surface area contributed by atoms with Crippen LogP contribution >= 0.6 is 0 Å². The van der Waals surface area contributed by atoms with Gasteiger partial charge < -0.3 is 4.74 Å². The summed E-state index contributed by atoms with van der Waals surface area (Å²) in [6.45, 7) is 4.64. The Morgan fingerprint density at radius 2 is 2.15 bits per heavy atom. The van der Waals surface area contributed by atoms with Gasteiger partial charge in [-0.15, -0.1) is 0 Å². The first-order valence-electron chi connectivity index (χ1n) is 9.66. The van der Waals surface area contributed by atoms with Crippen molar-refractivity contribution in [3.63, 3.8) is 0 Å². The zero-order valence-corrected chi connectivity index (χ0v) is 15.9. The van der Waals surface area contributed by atoms with Crippen LogP contribution in [0.4, 0.5) is 0 Å². The Morgan fingerprint density at radius 3 is 2.89 bits per heavy atom. The van der Waals surface area contributed by atoms with Crippen LogP contribution in [0.3, 0.4) is 0 Å². The molecule has 0 aromatic carbocycles. The van der Waals surface area contributed by atoms with Gasteiger partial charge in [0, 0.05) is 30.1 Å². The molecule has 2 heterocycles. The van der Waals surface area contributed by atoms with Crippen LogP contribution in [0.15, 0.2) is 36.8 Å². The van der Waals surface area contributed by atoms with Crippen LogP contribution in [0, 0.1) is 23.2 Å². The number of esters is 1. The normalized spacial score (nSPS) is 16.7. The number of fused-ring (bicyclic) bond motifs is 3. The monoisotopic (exact) mass is 363 g/mol. The fourth-order valence-electron chi connectivity index (χ4n) is 3.74. The van der Waals surface area contributed by atoms with E-state index in [1.54, 1.807) is 18.6 Å². The summed E-state index contributed by atoms with van der Waals surface area (Å²) in [6, 6.07) is 7.84. The largest absolute Gasteiger partial charge is 0.464 e. The molecule has 0 saturated carbocycles. The van der Waals surface area contributed by atoms with Gasteiger partial charge in [-0.05, 0) is 35.6 Å². The second-order valence-corrected chi connectivity index (χ2v) is 7.04. The van der Waals surface area contributed by atoms with E-state index < -0.39 is 11.9 Å². The first-order chi connectivity index (χ1) is 13.2. The van der Waals surface area contributed by atoms with E-state index in [-0.39, 0.29) is 5.92 Å². The number of pyridine rings is 2. The summed E-state index contributed by atoms with van der Waals surface area (Å²) in [6.07, 6.45) is 9.42. The second-order valence-electron chi connectivity index (χ2n) is 7.04. The van der Waals surface area contributed by atoms with Crippen LogP contribution in [0.25, 0.3) is 11.3 Å². The predicted octanol–water partition coefficient (Wildman–Crippen LogP) is 4.49. The molecule has 0 spiro atoms. The molecule has 2 aromatic rings. The molecule has 27 heavy (non-hydrogen) atoms. The summed E-state index contributed by atoms with van der Waals surface area (Å²) in [7, 11) is 0. The third-order valence-electron chi connectivity index (χ3n) is 5.35. The maximum absolute atomic E-state index is 12.8. The average Bonchev–Trinajstić information content (AvgIpc) is 3.04. The molecule has 3 unspecified atom stereocenters. The minimum Gasteiger partial charge on any atom is -0.464 e. The fraction of sp³-hybridized carbons (Fsp3) is 0.455. The third-order valence-corrected chi connectivity index (χ3v) is 5.35. The number of hydrogen-bond acceptors (Lipinski definition) is 5. The SMILES string of the molecule is CCCCC(CC)COC(=O)C(C#N)C1c2cnccc2-c2ncccc21. The Labute approximate surface area is 160 Å². The number of aromatic nitrogens is 2. The average molecular weight is 363 g/mol. The van der Waals surface area contributed by atoms with E-state index in [1.807, 2.05) is 18.2 Å². The highest BCUT2D eigenvalue weighted by Crippen LogP contribution is 2.46. The highest BCUT2D eigenvalue weighted by atomic mass is 16.5. The zero-order valence-electron chi connectivity index (χ0n) is 15.9. The van der Waals surface area contributed by atoms with Crippen LogP contribution in [-0.2, 0) is 9.53 Å². The lowest BCUT2D eigenvalue weighted by atomic mass is 9.86. The summed E-state index contributed by atoms with van der Waals surface area (Å²) in [4.78, 5) is 21.4. The van der Waals surface area contributed by atoms with Gasteiger partial charge in [0.25, 0.3) is 0 Å².